The lowest BCUT2D eigenvalue weighted by Crippen LogP contribution is -2.32. The zero-order valence-corrected chi connectivity index (χ0v) is 11.2. The van der Waals surface area contributed by atoms with E-state index in [2.05, 4.69) is 29.2 Å². The molecule has 17 heavy (non-hydrogen) atoms. The highest BCUT2D eigenvalue weighted by atomic mass is 32.1. The Morgan fingerprint density at radius 3 is 2.71 bits per heavy atom. The molecule has 0 radical (unpaired) electrons. The third-order valence-electron chi connectivity index (χ3n) is 5.67. The van der Waals surface area contributed by atoms with Crippen molar-refractivity contribution in [2.75, 3.05) is 7.05 Å². The summed E-state index contributed by atoms with van der Waals surface area (Å²) in [7, 11) is 2.16. The molecule has 2 bridgehead atoms. The van der Waals surface area contributed by atoms with Crippen LogP contribution in [-0.4, -0.2) is 13.1 Å². The first-order chi connectivity index (χ1) is 8.38. The Balaban J connectivity index is 1.48. The van der Waals surface area contributed by atoms with E-state index in [1.165, 1.54) is 24.8 Å². The van der Waals surface area contributed by atoms with Crippen LogP contribution in [0.1, 0.15) is 24.8 Å². The molecule has 92 valence electrons. The maximum Gasteiger partial charge on any atom is 0.0139 e. The quantitative estimate of drug-likeness (QED) is 0.862. The largest absolute Gasteiger partial charge is 0.316 e. The van der Waals surface area contributed by atoms with Gasteiger partial charge in [0.15, 0.2) is 0 Å². The van der Waals surface area contributed by atoms with Crippen LogP contribution in [0, 0.1) is 29.6 Å². The van der Waals surface area contributed by atoms with E-state index in [1.54, 1.807) is 6.42 Å². The van der Waals surface area contributed by atoms with Crippen LogP contribution in [0.2, 0.25) is 0 Å². The molecule has 3 aliphatic carbocycles. The van der Waals surface area contributed by atoms with Gasteiger partial charge in [-0.05, 0) is 84.7 Å². The molecule has 5 unspecified atom stereocenters. The summed E-state index contributed by atoms with van der Waals surface area (Å²) in [5.41, 5.74) is 1.53. The van der Waals surface area contributed by atoms with Crippen molar-refractivity contribution in [3.63, 3.8) is 0 Å². The molecule has 1 heterocycles. The van der Waals surface area contributed by atoms with Crippen molar-refractivity contribution in [1.82, 2.24) is 5.32 Å². The van der Waals surface area contributed by atoms with Crippen LogP contribution in [0.25, 0.3) is 0 Å². The Labute approximate surface area is 108 Å². The normalized spacial score (nSPS) is 43.7. The van der Waals surface area contributed by atoms with Crippen molar-refractivity contribution in [3.05, 3.63) is 22.4 Å². The fourth-order valence-electron chi connectivity index (χ4n) is 5.02. The number of hydrogen-bond acceptors (Lipinski definition) is 2. The van der Waals surface area contributed by atoms with Crippen molar-refractivity contribution >= 4 is 11.3 Å². The summed E-state index contributed by atoms with van der Waals surface area (Å²) in [6.07, 6.45) is 5.90. The lowest BCUT2D eigenvalue weighted by atomic mass is 9.94. The predicted octanol–water partition coefficient (Wildman–Crippen LogP) is 3.17. The van der Waals surface area contributed by atoms with Crippen molar-refractivity contribution in [1.29, 1.82) is 0 Å². The van der Waals surface area contributed by atoms with E-state index in [1.807, 2.05) is 11.3 Å². The van der Waals surface area contributed by atoms with E-state index >= 15 is 0 Å². The van der Waals surface area contributed by atoms with Crippen LogP contribution in [0.4, 0.5) is 0 Å². The minimum absolute atomic E-state index is 0.739. The Kier molecular flexibility index (Phi) is 2.38. The fraction of sp³-hybridized carbons (Fsp3) is 0.733. The van der Waals surface area contributed by atoms with Gasteiger partial charge in [-0.2, -0.15) is 11.3 Å². The molecule has 1 aromatic heterocycles. The summed E-state index contributed by atoms with van der Waals surface area (Å²) in [5.74, 6) is 5.42. The second-order valence-corrected chi connectivity index (χ2v) is 7.08. The number of rotatable bonds is 4. The summed E-state index contributed by atoms with van der Waals surface area (Å²) in [5, 5.41) is 8.13. The molecule has 3 saturated carbocycles. The van der Waals surface area contributed by atoms with Gasteiger partial charge >= 0.3 is 0 Å². The lowest BCUT2D eigenvalue weighted by Gasteiger charge is -2.19. The van der Waals surface area contributed by atoms with Crippen LogP contribution < -0.4 is 5.32 Å². The van der Waals surface area contributed by atoms with Gasteiger partial charge in [-0.25, -0.2) is 0 Å². The highest BCUT2D eigenvalue weighted by Crippen LogP contribution is 2.70. The average Bonchev–Trinajstić information content (AvgIpc) is 2.82. The third-order valence-corrected chi connectivity index (χ3v) is 6.40. The van der Waals surface area contributed by atoms with Gasteiger partial charge in [0.1, 0.15) is 0 Å². The molecule has 1 N–H and O–H groups in total. The zero-order valence-electron chi connectivity index (χ0n) is 10.4. The molecule has 5 atom stereocenters. The predicted molar refractivity (Wildman–Crippen MR) is 72.2 cm³/mol. The molecule has 0 saturated heterocycles. The number of nitrogens with one attached hydrogen (secondary N) is 1. The molecule has 1 nitrogen and oxygen atoms in total. The van der Waals surface area contributed by atoms with Gasteiger partial charge in [0.05, 0.1) is 0 Å². The summed E-state index contributed by atoms with van der Waals surface area (Å²) in [4.78, 5) is 0. The topological polar surface area (TPSA) is 12.0 Å². The van der Waals surface area contributed by atoms with Crippen LogP contribution in [0.5, 0.6) is 0 Å². The summed E-state index contributed by atoms with van der Waals surface area (Å²) in [6, 6.07) is 3.03. The third kappa shape index (κ3) is 1.53. The van der Waals surface area contributed by atoms with Gasteiger partial charge in [0, 0.05) is 6.04 Å². The second kappa shape index (κ2) is 3.83. The van der Waals surface area contributed by atoms with Crippen molar-refractivity contribution in [2.45, 2.75) is 31.7 Å². The minimum Gasteiger partial charge on any atom is -0.316 e. The van der Waals surface area contributed by atoms with Gasteiger partial charge in [-0.15, -0.1) is 0 Å². The number of thiophene rings is 1. The molecule has 3 fully saturated rings. The van der Waals surface area contributed by atoms with Gasteiger partial charge in [0.25, 0.3) is 0 Å². The Bertz CT molecular complexity index is 383. The maximum absolute atomic E-state index is 3.60. The number of likely N-dealkylation sites (N-methyl/N-ethyl adjacent to an activating group) is 1. The fourth-order valence-corrected chi connectivity index (χ4v) is 5.71. The van der Waals surface area contributed by atoms with Crippen molar-refractivity contribution in [3.8, 4) is 0 Å². The standard InChI is InChI=1S/C15H21NS/c1-16-12(6-9-4-5-17-8-9)15-13-10-2-3-11(7-10)14(13)15/h4-5,8,10-16H,2-3,6-7H2,1H3. The maximum atomic E-state index is 3.60. The summed E-state index contributed by atoms with van der Waals surface area (Å²) in [6.45, 7) is 0. The molecule has 0 spiro atoms. The van der Waals surface area contributed by atoms with Crippen LogP contribution in [0.3, 0.4) is 0 Å². The smallest absolute Gasteiger partial charge is 0.0139 e. The highest BCUT2D eigenvalue weighted by Gasteiger charge is 2.66. The van der Waals surface area contributed by atoms with Gasteiger partial charge < -0.3 is 5.32 Å². The second-order valence-electron chi connectivity index (χ2n) is 6.30. The first-order valence-electron chi connectivity index (χ1n) is 7.07. The van der Waals surface area contributed by atoms with Gasteiger partial charge in [0.2, 0.25) is 0 Å². The highest BCUT2D eigenvalue weighted by molar-refractivity contribution is 7.07. The molecule has 3 aliphatic rings. The van der Waals surface area contributed by atoms with E-state index in [0.29, 0.717) is 0 Å². The van der Waals surface area contributed by atoms with Crippen LogP contribution in [-0.2, 0) is 6.42 Å². The minimum atomic E-state index is 0.739. The van der Waals surface area contributed by atoms with Crippen LogP contribution in [0.15, 0.2) is 16.8 Å². The Morgan fingerprint density at radius 2 is 2.12 bits per heavy atom. The first kappa shape index (κ1) is 10.6. The van der Waals surface area contributed by atoms with E-state index in [4.69, 9.17) is 0 Å². The monoisotopic (exact) mass is 247 g/mol. The van der Waals surface area contributed by atoms with E-state index < -0.39 is 0 Å². The molecular weight excluding hydrogens is 226 g/mol. The molecular formula is C15H21NS. The molecule has 2 heteroatoms. The molecule has 0 aliphatic heterocycles. The number of hydrogen-bond donors (Lipinski definition) is 1. The zero-order chi connectivity index (χ0) is 11.4. The average molecular weight is 247 g/mol. The van der Waals surface area contributed by atoms with E-state index in [9.17, 15) is 0 Å². The Hall–Kier alpha value is -0.340. The number of fused-ring (bicyclic) bond motifs is 5. The first-order valence-corrected chi connectivity index (χ1v) is 8.01. The molecule has 0 aromatic carbocycles. The van der Waals surface area contributed by atoms with Crippen molar-refractivity contribution in [2.24, 2.45) is 29.6 Å². The lowest BCUT2D eigenvalue weighted by molar-refractivity contribution is 0.377. The summed E-state index contributed by atoms with van der Waals surface area (Å²) < 4.78 is 0. The van der Waals surface area contributed by atoms with Crippen LogP contribution >= 0.6 is 11.3 Å². The molecule has 0 amide bonds. The van der Waals surface area contributed by atoms with Crippen molar-refractivity contribution < 1.29 is 0 Å². The van der Waals surface area contributed by atoms with Gasteiger partial charge in [-0.3, -0.25) is 0 Å². The van der Waals surface area contributed by atoms with Gasteiger partial charge in [-0.1, -0.05) is 0 Å². The molecule has 1 aromatic rings. The summed E-state index contributed by atoms with van der Waals surface area (Å²) >= 11 is 1.83. The van der Waals surface area contributed by atoms with E-state index in [0.717, 1.165) is 35.6 Å². The van der Waals surface area contributed by atoms with E-state index in [-0.39, 0.29) is 0 Å². The molecule has 4 rings (SSSR count). The Morgan fingerprint density at radius 1 is 1.35 bits per heavy atom. The SMILES string of the molecule is CNC(Cc1ccsc1)C1C2C3CCC(C3)C21.